The van der Waals surface area contributed by atoms with E-state index in [-0.39, 0.29) is 5.97 Å². The van der Waals surface area contributed by atoms with E-state index in [1.165, 1.54) is 7.11 Å². The lowest BCUT2D eigenvalue weighted by molar-refractivity contribution is 0.0590. The summed E-state index contributed by atoms with van der Waals surface area (Å²) >= 11 is 0. The number of nitrogens with zero attached hydrogens (tertiary/aromatic N) is 1. The maximum absolute atomic E-state index is 11.3. The van der Waals surface area contributed by atoms with E-state index in [0.29, 0.717) is 12.2 Å². The summed E-state index contributed by atoms with van der Waals surface area (Å²) in [6.45, 7) is 4.18. The number of methoxy groups -OCH3 is 1. The molecule has 0 aromatic carbocycles. The molecule has 14 heavy (non-hydrogen) atoms. The van der Waals surface area contributed by atoms with Gasteiger partial charge in [-0.2, -0.15) is 0 Å². The Morgan fingerprint density at radius 2 is 2.14 bits per heavy atom. The second-order valence-electron chi connectivity index (χ2n) is 2.96. The average molecular weight is 194 g/mol. The molecule has 4 heteroatoms. The van der Waals surface area contributed by atoms with Crippen molar-refractivity contribution in [3.05, 3.63) is 30.1 Å². The van der Waals surface area contributed by atoms with Crippen molar-refractivity contribution < 1.29 is 9.53 Å². The highest BCUT2D eigenvalue weighted by Crippen LogP contribution is 2.15. The first-order valence-electron chi connectivity index (χ1n) is 4.24. The third-order valence-corrected chi connectivity index (χ3v) is 2.12. The lowest BCUT2D eigenvalue weighted by Crippen LogP contribution is -2.11. The van der Waals surface area contributed by atoms with Gasteiger partial charge in [0.2, 0.25) is 0 Å². The van der Waals surface area contributed by atoms with Crippen molar-refractivity contribution in [2.45, 2.75) is 0 Å². The van der Waals surface area contributed by atoms with Gasteiger partial charge in [-0.1, -0.05) is 6.58 Å². The summed E-state index contributed by atoms with van der Waals surface area (Å²) in [5.74, 6) is -0.358. The maximum Gasteiger partial charge on any atom is 0.354 e. The average Bonchev–Trinajstić information content (AvgIpc) is 2.58. The van der Waals surface area contributed by atoms with Crippen LogP contribution < -0.4 is 5.73 Å². The highest BCUT2D eigenvalue weighted by molar-refractivity contribution is 5.88. The molecule has 4 nitrogen and oxygen atoms in total. The zero-order valence-electron chi connectivity index (χ0n) is 8.41. The first-order chi connectivity index (χ1) is 6.61. The Labute approximate surface area is 83.0 Å². The van der Waals surface area contributed by atoms with E-state index in [9.17, 15) is 4.79 Å². The Morgan fingerprint density at radius 3 is 2.64 bits per heavy atom. The van der Waals surface area contributed by atoms with Gasteiger partial charge in [-0.3, -0.25) is 0 Å². The van der Waals surface area contributed by atoms with Gasteiger partial charge in [-0.05, 0) is 17.7 Å². The van der Waals surface area contributed by atoms with E-state index < -0.39 is 0 Å². The molecule has 0 spiro atoms. The molecule has 0 bridgehead atoms. The largest absolute Gasteiger partial charge is 0.464 e. The van der Waals surface area contributed by atoms with Crippen LogP contribution in [0.4, 0.5) is 0 Å². The van der Waals surface area contributed by atoms with Gasteiger partial charge < -0.3 is 15.0 Å². The maximum atomic E-state index is 11.3. The summed E-state index contributed by atoms with van der Waals surface area (Å²) in [6.07, 6.45) is 0. The first kappa shape index (κ1) is 10.5. The van der Waals surface area contributed by atoms with Gasteiger partial charge in [-0.25, -0.2) is 4.79 Å². The number of carbonyl (C=O) groups is 1. The molecule has 0 saturated heterocycles. The van der Waals surface area contributed by atoms with Gasteiger partial charge in [0.25, 0.3) is 0 Å². The van der Waals surface area contributed by atoms with E-state index in [0.717, 1.165) is 11.3 Å². The van der Waals surface area contributed by atoms with Crippen molar-refractivity contribution in [3.8, 4) is 0 Å². The Kier molecular flexibility index (Phi) is 3.09. The number of carbonyl (C=O) groups excluding carboxylic acids is 1. The summed E-state index contributed by atoms with van der Waals surface area (Å²) in [7, 11) is 3.13. The molecule has 2 N–H and O–H groups in total. The van der Waals surface area contributed by atoms with Crippen LogP contribution in [-0.4, -0.2) is 24.2 Å². The zero-order chi connectivity index (χ0) is 10.7. The second kappa shape index (κ2) is 4.11. The van der Waals surface area contributed by atoms with Gasteiger partial charge in [-0.15, -0.1) is 0 Å². The fourth-order valence-corrected chi connectivity index (χ4v) is 1.28. The molecule has 1 aromatic rings. The molecule has 76 valence electrons. The normalized spacial score (nSPS) is 9.93. The third kappa shape index (κ3) is 1.70. The summed E-state index contributed by atoms with van der Waals surface area (Å²) in [5, 5.41) is 0. The highest BCUT2D eigenvalue weighted by Gasteiger charge is 2.13. The molecule has 1 rings (SSSR count). The van der Waals surface area contributed by atoms with E-state index >= 15 is 0 Å². The highest BCUT2D eigenvalue weighted by atomic mass is 16.5. The van der Waals surface area contributed by atoms with Crippen molar-refractivity contribution in [1.29, 1.82) is 0 Å². The van der Waals surface area contributed by atoms with Gasteiger partial charge in [0, 0.05) is 19.3 Å². The van der Waals surface area contributed by atoms with Gasteiger partial charge >= 0.3 is 5.97 Å². The van der Waals surface area contributed by atoms with Crippen LogP contribution in [0.15, 0.2) is 18.7 Å². The molecular formula is C10H14N2O2. The van der Waals surface area contributed by atoms with E-state index in [4.69, 9.17) is 5.73 Å². The molecule has 0 aliphatic heterocycles. The monoisotopic (exact) mass is 194 g/mol. The SMILES string of the molecule is C=C(CN)c1ccc(C(=O)OC)n1C. The summed E-state index contributed by atoms with van der Waals surface area (Å²) in [5.41, 5.74) is 7.61. The molecule has 0 fully saturated rings. The molecule has 0 atom stereocenters. The molecule has 0 saturated carbocycles. The van der Waals surface area contributed by atoms with E-state index in [1.807, 2.05) is 0 Å². The lowest BCUT2D eigenvalue weighted by Gasteiger charge is -2.06. The number of hydrogen-bond acceptors (Lipinski definition) is 3. The fourth-order valence-electron chi connectivity index (χ4n) is 1.28. The molecule has 0 amide bonds. The Bertz CT molecular complexity index is 333. The lowest BCUT2D eigenvalue weighted by atomic mass is 10.2. The minimum atomic E-state index is -0.358. The quantitative estimate of drug-likeness (QED) is 0.723. The molecule has 0 radical (unpaired) electrons. The number of hydrogen-bond donors (Lipinski definition) is 1. The Hall–Kier alpha value is -1.55. The van der Waals surface area contributed by atoms with Crippen LogP contribution in [-0.2, 0) is 11.8 Å². The summed E-state index contributed by atoms with van der Waals surface area (Å²) in [6, 6.07) is 3.50. The molecule has 1 aromatic heterocycles. The number of aromatic nitrogens is 1. The Morgan fingerprint density at radius 1 is 1.57 bits per heavy atom. The topological polar surface area (TPSA) is 57.3 Å². The zero-order valence-corrected chi connectivity index (χ0v) is 8.41. The van der Waals surface area contributed by atoms with Crippen LogP contribution >= 0.6 is 0 Å². The summed E-state index contributed by atoms with van der Waals surface area (Å²) < 4.78 is 6.35. The van der Waals surface area contributed by atoms with Crippen LogP contribution in [0.5, 0.6) is 0 Å². The van der Waals surface area contributed by atoms with Gasteiger partial charge in [0.15, 0.2) is 0 Å². The van der Waals surface area contributed by atoms with Gasteiger partial charge in [0.05, 0.1) is 7.11 Å². The number of nitrogens with two attached hydrogens (primary N) is 1. The van der Waals surface area contributed by atoms with Crippen LogP contribution in [0, 0.1) is 0 Å². The predicted octanol–water partition coefficient (Wildman–Crippen LogP) is 0.784. The van der Waals surface area contributed by atoms with E-state index in [2.05, 4.69) is 11.3 Å². The van der Waals surface area contributed by atoms with Crippen molar-refractivity contribution in [1.82, 2.24) is 4.57 Å². The van der Waals surface area contributed by atoms with Crippen molar-refractivity contribution in [2.75, 3.05) is 13.7 Å². The summed E-state index contributed by atoms with van der Waals surface area (Å²) in [4.78, 5) is 11.3. The fraction of sp³-hybridized carbons (Fsp3) is 0.300. The number of rotatable bonds is 3. The number of esters is 1. The molecule has 1 heterocycles. The first-order valence-corrected chi connectivity index (χ1v) is 4.24. The van der Waals surface area contributed by atoms with Gasteiger partial charge in [0.1, 0.15) is 5.69 Å². The second-order valence-corrected chi connectivity index (χ2v) is 2.96. The predicted molar refractivity (Wildman–Crippen MR) is 54.8 cm³/mol. The molecule has 0 aliphatic carbocycles. The van der Waals surface area contributed by atoms with Crippen LogP contribution in [0.1, 0.15) is 16.2 Å². The van der Waals surface area contributed by atoms with E-state index in [1.54, 1.807) is 23.7 Å². The Balaban J connectivity index is 3.08. The van der Waals surface area contributed by atoms with Crippen LogP contribution in [0.25, 0.3) is 5.57 Å². The van der Waals surface area contributed by atoms with Crippen LogP contribution in [0.2, 0.25) is 0 Å². The number of ether oxygens (including phenoxy) is 1. The third-order valence-electron chi connectivity index (χ3n) is 2.12. The van der Waals surface area contributed by atoms with Crippen molar-refractivity contribution in [3.63, 3.8) is 0 Å². The molecule has 0 aliphatic rings. The van der Waals surface area contributed by atoms with Crippen molar-refractivity contribution in [2.24, 2.45) is 12.8 Å². The molecule has 0 unspecified atom stereocenters. The molecular weight excluding hydrogens is 180 g/mol. The minimum absolute atomic E-state index is 0.358. The standard InChI is InChI=1S/C10H14N2O2/c1-7(6-11)8-4-5-9(12(8)2)10(13)14-3/h4-5H,1,6,11H2,2-3H3. The van der Waals surface area contributed by atoms with Crippen LogP contribution in [0.3, 0.4) is 0 Å². The minimum Gasteiger partial charge on any atom is -0.464 e. The smallest absolute Gasteiger partial charge is 0.354 e. The van der Waals surface area contributed by atoms with Crippen molar-refractivity contribution >= 4 is 11.5 Å².